The van der Waals surface area contributed by atoms with Crippen LogP contribution in [-0.2, 0) is 4.74 Å². The second kappa shape index (κ2) is 6.65. The number of halogens is 1. The fourth-order valence-electron chi connectivity index (χ4n) is 1.67. The lowest BCUT2D eigenvalue weighted by Gasteiger charge is -2.23. The number of nitrogens with zero attached hydrogens (tertiary/aromatic N) is 1. The quantitative estimate of drug-likeness (QED) is 0.459. The summed E-state index contributed by atoms with van der Waals surface area (Å²) in [4.78, 5) is 2.55. The fourth-order valence-corrected chi connectivity index (χ4v) is 1.78. The summed E-state index contributed by atoms with van der Waals surface area (Å²) >= 11 is 5.54. The van der Waals surface area contributed by atoms with Gasteiger partial charge >= 0.3 is 0 Å². The molecule has 0 aromatic carbocycles. The van der Waals surface area contributed by atoms with Gasteiger partial charge in [0.25, 0.3) is 0 Å². The van der Waals surface area contributed by atoms with E-state index in [-0.39, 0.29) is 0 Å². The zero-order valence-electron chi connectivity index (χ0n) is 9.34. The maximum atomic E-state index is 5.54. The van der Waals surface area contributed by atoms with Crippen LogP contribution in [0, 0.1) is 5.92 Å². The number of rotatable bonds is 8. The van der Waals surface area contributed by atoms with Gasteiger partial charge in [0.2, 0.25) is 0 Å². The van der Waals surface area contributed by atoms with Gasteiger partial charge < -0.3 is 4.74 Å². The lowest BCUT2D eigenvalue weighted by molar-refractivity contribution is 0.106. The molecule has 0 unspecified atom stereocenters. The summed E-state index contributed by atoms with van der Waals surface area (Å²) in [7, 11) is 0. The van der Waals surface area contributed by atoms with Gasteiger partial charge in [-0.15, -0.1) is 11.6 Å². The minimum absolute atomic E-state index is 0.605. The first-order chi connectivity index (χ1) is 6.74. The molecule has 1 fully saturated rings. The summed E-state index contributed by atoms with van der Waals surface area (Å²) in [5.41, 5.74) is 0. The Morgan fingerprint density at radius 2 is 2.07 bits per heavy atom. The second-order valence-corrected chi connectivity index (χ2v) is 4.80. The number of alkyl halides is 1. The van der Waals surface area contributed by atoms with Gasteiger partial charge in [0.15, 0.2) is 0 Å². The van der Waals surface area contributed by atoms with Crippen molar-refractivity contribution in [2.45, 2.75) is 32.7 Å². The minimum atomic E-state index is 0.605. The highest BCUT2D eigenvalue weighted by Gasteiger charge is 2.28. The molecule has 0 spiro atoms. The summed E-state index contributed by atoms with van der Waals surface area (Å²) in [5, 5.41) is 0. The van der Waals surface area contributed by atoms with Gasteiger partial charge in [-0.1, -0.05) is 13.8 Å². The third kappa shape index (κ3) is 5.18. The standard InChI is InChI=1S/C11H22ClNO/c1-10(2)9-13(11-3-4-11)6-8-14-7-5-12/h10-11H,3-9H2,1-2H3. The minimum Gasteiger partial charge on any atom is -0.379 e. The van der Waals surface area contributed by atoms with E-state index in [4.69, 9.17) is 16.3 Å². The van der Waals surface area contributed by atoms with Gasteiger partial charge in [0.05, 0.1) is 13.2 Å². The van der Waals surface area contributed by atoms with Crippen molar-refractivity contribution in [1.82, 2.24) is 4.90 Å². The Kier molecular flexibility index (Phi) is 5.83. The molecule has 1 aliphatic carbocycles. The maximum Gasteiger partial charge on any atom is 0.0602 e. The Morgan fingerprint density at radius 3 is 2.57 bits per heavy atom. The molecular weight excluding hydrogens is 198 g/mol. The predicted molar refractivity (Wildman–Crippen MR) is 61.0 cm³/mol. The van der Waals surface area contributed by atoms with Crippen LogP contribution in [0.3, 0.4) is 0 Å². The highest BCUT2D eigenvalue weighted by Crippen LogP contribution is 2.27. The van der Waals surface area contributed by atoms with Crippen molar-refractivity contribution >= 4 is 11.6 Å². The fraction of sp³-hybridized carbons (Fsp3) is 1.00. The molecule has 0 saturated heterocycles. The Morgan fingerprint density at radius 1 is 1.36 bits per heavy atom. The molecule has 0 bridgehead atoms. The van der Waals surface area contributed by atoms with Crippen molar-refractivity contribution in [1.29, 1.82) is 0 Å². The van der Waals surface area contributed by atoms with Crippen LogP contribution in [0.4, 0.5) is 0 Å². The Labute approximate surface area is 92.6 Å². The number of hydrogen-bond donors (Lipinski definition) is 0. The summed E-state index contributed by atoms with van der Waals surface area (Å²) in [6, 6.07) is 0.844. The van der Waals surface area contributed by atoms with Crippen molar-refractivity contribution < 1.29 is 4.74 Å². The first-order valence-electron chi connectivity index (χ1n) is 5.61. The van der Waals surface area contributed by atoms with Crippen LogP contribution < -0.4 is 0 Å². The lowest BCUT2D eigenvalue weighted by Crippen LogP contribution is -2.33. The predicted octanol–water partition coefficient (Wildman–Crippen LogP) is 2.36. The molecule has 0 heterocycles. The highest BCUT2D eigenvalue weighted by molar-refractivity contribution is 6.17. The van der Waals surface area contributed by atoms with Gasteiger partial charge in [-0.05, 0) is 18.8 Å². The van der Waals surface area contributed by atoms with Crippen LogP contribution in [-0.4, -0.2) is 43.1 Å². The second-order valence-electron chi connectivity index (χ2n) is 4.42. The van der Waals surface area contributed by atoms with Gasteiger partial charge in [0.1, 0.15) is 0 Å². The third-order valence-electron chi connectivity index (χ3n) is 2.41. The van der Waals surface area contributed by atoms with Crippen LogP contribution in [0.5, 0.6) is 0 Å². The topological polar surface area (TPSA) is 12.5 Å². The Hall–Kier alpha value is 0.210. The molecule has 0 aromatic rings. The van der Waals surface area contributed by atoms with E-state index in [1.807, 2.05) is 0 Å². The summed E-state index contributed by atoms with van der Waals surface area (Å²) in [5.74, 6) is 1.36. The van der Waals surface area contributed by atoms with Gasteiger partial charge in [0, 0.05) is 25.0 Å². The van der Waals surface area contributed by atoms with E-state index < -0.39 is 0 Å². The van der Waals surface area contributed by atoms with Crippen molar-refractivity contribution in [3.05, 3.63) is 0 Å². The zero-order chi connectivity index (χ0) is 10.4. The van der Waals surface area contributed by atoms with Crippen molar-refractivity contribution in [3.8, 4) is 0 Å². The zero-order valence-corrected chi connectivity index (χ0v) is 10.1. The van der Waals surface area contributed by atoms with Gasteiger partial charge in [-0.25, -0.2) is 0 Å². The largest absolute Gasteiger partial charge is 0.379 e. The smallest absolute Gasteiger partial charge is 0.0602 e. The van der Waals surface area contributed by atoms with Crippen LogP contribution in [0.25, 0.3) is 0 Å². The maximum absolute atomic E-state index is 5.54. The molecule has 0 radical (unpaired) electrons. The molecule has 0 amide bonds. The molecule has 2 nitrogen and oxygen atoms in total. The monoisotopic (exact) mass is 219 g/mol. The van der Waals surface area contributed by atoms with E-state index >= 15 is 0 Å². The van der Waals surface area contributed by atoms with Crippen molar-refractivity contribution in [2.24, 2.45) is 5.92 Å². The number of ether oxygens (including phenoxy) is 1. The SMILES string of the molecule is CC(C)CN(CCOCCCl)C1CC1. The van der Waals surface area contributed by atoms with Crippen molar-refractivity contribution in [2.75, 3.05) is 32.2 Å². The van der Waals surface area contributed by atoms with Crippen molar-refractivity contribution in [3.63, 3.8) is 0 Å². The average molecular weight is 220 g/mol. The first-order valence-corrected chi connectivity index (χ1v) is 6.15. The summed E-state index contributed by atoms with van der Waals surface area (Å²) < 4.78 is 5.40. The molecule has 1 saturated carbocycles. The molecule has 1 aliphatic rings. The lowest BCUT2D eigenvalue weighted by atomic mass is 10.2. The normalized spacial score (nSPS) is 16.9. The van der Waals surface area contributed by atoms with E-state index in [2.05, 4.69) is 18.7 Å². The molecule has 0 aromatic heterocycles. The van der Waals surface area contributed by atoms with E-state index in [0.717, 1.165) is 25.1 Å². The van der Waals surface area contributed by atoms with E-state index in [9.17, 15) is 0 Å². The van der Waals surface area contributed by atoms with Crippen LogP contribution >= 0.6 is 11.6 Å². The first kappa shape index (κ1) is 12.3. The average Bonchev–Trinajstić information content (AvgIpc) is 2.92. The molecule has 3 heteroatoms. The van der Waals surface area contributed by atoms with E-state index in [1.54, 1.807) is 0 Å². The highest BCUT2D eigenvalue weighted by atomic mass is 35.5. The van der Waals surface area contributed by atoms with Gasteiger partial charge in [-0.3, -0.25) is 4.90 Å². The van der Waals surface area contributed by atoms with E-state index in [1.165, 1.54) is 19.4 Å². The molecule has 0 N–H and O–H groups in total. The van der Waals surface area contributed by atoms with Crippen LogP contribution in [0.1, 0.15) is 26.7 Å². The molecule has 1 rings (SSSR count). The van der Waals surface area contributed by atoms with E-state index in [0.29, 0.717) is 12.5 Å². The molecule has 0 atom stereocenters. The number of hydrogen-bond acceptors (Lipinski definition) is 2. The Balaban J connectivity index is 2.09. The summed E-state index contributed by atoms with van der Waals surface area (Å²) in [6.45, 7) is 8.33. The Bertz CT molecular complexity index is 148. The molecule has 0 aliphatic heterocycles. The molecular formula is C11H22ClNO. The van der Waals surface area contributed by atoms with Crippen LogP contribution in [0.15, 0.2) is 0 Å². The molecule has 14 heavy (non-hydrogen) atoms. The van der Waals surface area contributed by atoms with Gasteiger partial charge in [-0.2, -0.15) is 0 Å². The summed E-state index contributed by atoms with van der Waals surface area (Å²) in [6.07, 6.45) is 2.75. The molecule has 84 valence electrons. The third-order valence-corrected chi connectivity index (χ3v) is 2.56. The van der Waals surface area contributed by atoms with Crippen LogP contribution in [0.2, 0.25) is 0 Å².